The molecule has 0 aliphatic carbocycles. The minimum atomic E-state index is -0.981. The molecule has 0 amide bonds. The fourth-order valence-corrected chi connectivity index (χ4v) is 3.19. The molecule has 0 fully saturated rings. The van der Waals surface area contributed by atoms with Crippen LogP contribution in [0.4, 0.5) is 11.6 Å². The molecule has 8 nitrogen and oxygen atoms in total. The molecule has 2 aromatic heterocycles. The highest BCUT2D eigenvalue weighted by molar-refractivity contribution is 5.88. The molecule has 0 saturated heterocycles. The molecule has 0 aliphatic heterocycles. The van der Waals surface area contributed by atoms with E-state index in [1.54, 1.807) is 12.1 Å². The molecule has 0 unspecified atom stereocenters. The van der Waals surface area contributed by atoms with E-state index in [9.17, 15) is 4.79 Å². The molecule has 29 heavy (non-hydrogen) atoms. The number of anilines is 2. The lowest BCUT2D eigenvalue weighted by Crippen LogP contribution is -2.02. The number of rotatable bonds is 5. The molecule has 0 bridgehead atoms. The van der Waals surface area contributed by atoms with E-state index < -0.39 is 5.97 Å². The van der Waals surface area contributed by atoms with Gasteiger partial charge in [0.2, 0.25) is 5.95 Å². The van der Waals surface area contributed by atoms with Gasteiger partial charge in [0.1, 0.15) is 11.3 Å². The molecule has 8 heteroatoms. The van der Waals surface area contributed by atoms with Crippen LogP contribution in [-0.4, -0.2) is 31.0 Å². The summed E-state index contributed by atoms with van der Waals surface area (Å²) in [6.45, 7) is 6.02. The van der Waals surface area contributed by atoms with Gasteiger partial charge < -0.3 is 20.1 Å². The smallest absolute Gasteiger partial charge is 0.335 e. The van der Waals surface area contributed by atoms with Crippen LogP contribution < -0.4 is 10.1 Å². The van der Waals surface area contributed by atoms with Gasteiger partial charge in [-0.3, -0.25) is 0 Å². The van der Waals surface area contributed by atoms with Gasteiger partial charge in [-0.15, -0.1) is 0 Å². The first-order chi connectivity index (χ1) is 13.9. The number of carbonyl (C=O) groups is 1. The summed E-state index contributed by atoms with van der Waals surface area (Å²) in [5.41, 5.74) is 5.08. The largest absolute Gasteiger partial charge is 0.478 e. The zero-order valence-electron chi connectivity index (χ0n) is 16.1. The summed E-state index contributed by atoms with van der Waals surface area (Å²) in [7, 11) is 0. The molecular formula is C21H19N5O3. The van der Waals surface area contributed by atoms with Crippen LogP contribution in [0, 0.1) is 20.8 Å². The number of aromatic amines is 1. The second kappa shape index (κ2) is 7.23. The number of carboxylic acids is 1. The Balaban J connectivity index is 1.70. The second-order valence-corrected chi connectivity index (χ2v) is 6.79. The molecule has 0 atom stereocenters. The van der Waals surface area contributed by atoms with Gasteiger partial charge in [0, 0.05) is 5.69 Å². The SMILES string of the molecule is Cc1cc(C)c(Oc2nc(Nc3ccc(C(=O)O)cc3)nc3nc[nH]c23)c(C)c1. The minimum absolute atomic E-state index is 0.202. The normalized spacial score (nSPS) is 10.9. The highest BCUT2D eigenvalue weighted by Crippen LogP contribution is 2.32. The number of ether oxygens (including phenoxy) is 1. The fraction of sp³-hybridized carbons (Fsp3) is 0.143. The van der Waals surface area contributed by atoms with Crippen LogP contribution in [-0.2, 0) is 0 Å². The van der Waals surface area contributed by atoms with Gasteiger partial charge in [0.25, 0.3) is 5.88 Å². The molecule has 0 radical (unpaired) electrons. The van der Waals surface area contributed by atoms with Gasteiger partial charge in [-0.25, -0.2) is 9.78 Å². The van der Waals surface area contributed by atoms with Crippen LogP contribution in [0.25, 0.3) is 11.2 Å². The van der Waals surface area contributed by atoms with E-state index in [1.807, 2.05) is 20.8 Å². The Labute approximate surface area is 166 Å². The monoisotopic (exact) mass is 389 g/mol. The lowest BCUT2D eigenvalue weighted by atomic mass is 10.1. The summed E-state index contributed by atoms with van der Waals surface area (Å²) >= 11 is 0. The van der Waals surface area contributed by atoms with E-state index in [2.05, 4.69) is 37.4 Å². The molecule has 2 aromatic carbocycles. The van der Waals surface area contributed by atoms with Crippen molar-refractivity contribution >= 4 is 28.8 Å². The van der Waals surface area contributed by atoms with E-state index in [-0.39, 0.29) is 5.56 Å². The average molecular weight is 389 g/mol. The predicted octanol–water partition coefficient (Wildman–Crippen LogP) is 4.51. The van der Waals surface area contributed by atoms with E-state index in [4.69, 9.17) is 9.84 Å². The predicted molar refractivity (Wildman–Crippen MR) is 109 cm³/mol. The average Bonchev–Trinajstić information content (AvgIpc) is 3.13. The Kier molecular flexibility index (Phi) is 4.59. The maximum atomic E-state index is 11.0. The van der Waals surface area contributed by atoms with Crippen molar-refractivity contribution in [3.05, 3.63) is 65.0 Å². The van der Waals surface area contributed by atoms with Crippen molar-refractivity contribution in [1.82, 2.24) is 19.9 Å². The highest BCUT2D eigenvalue weighted by atomic mass is 16.5. The quantitative estimate of drug-likeness (QED) is 0.460. The van der Waals surface area contributed by atoms with Crippen LogP contribution in [0.1, 0.15) is 27.0 Å². The third kappa shape index (κ3) is 3.73. The molecule has 0 saturated carbocycles. The standard InChI is InChI=1S/C21H19N5O3/c1-11-8-12(2)17(13(3)9-11)29-19-16-18(23-10-22-16)25-21(26-19)24-15-6-4-14(5-7-15)20(27)28/h4-10H,1-3H3,(H,27,28)(H2,22,23,24,25,26). The van der Waals surface area contributed by atoms with Gasteiger partial charge in [0.05, 0.1) is 11.9 Å². The van der Waals surface area contributed by atoms with Crippen molar-refractivity contribution in [2.75, 3.05) is 5.32 Å². The number of aryl methyl sites for hydroxylation is 3. The van der Waals surface area contributed by atoms with E-state index in [1.165, 1.54) is 18.5 Å². The molecule has 4 rings (SSSR count). The first kappa shape index (κ1) is 18.4. The summed E-state index contributed by atoms with van der Waals surface area (Å²) in [5.74, 6) is 0.407. The molecule has 0 aliphatic rings. The number of benzene rings is 2. The summed E-state index contributed by atoms with van der Waals surface area (Å²) in [4.78, 5) is 27.1. The number of hydrogen-bond acceptors (Lipinski definition) is 6. The number of nitrogens with one attached hydrogen (secondary N) is 2. The number of H-pyrrole nitrogens is 1. The van der Waals surface area contributed by atoms with Gasteiger partial charge in [0.15, 0.2) is 5.65 Å². The van der Waals surface area contributed by atoms with Crippen LogP contribution in [0.3, 0.4) is 0 Å². The fourth-order valence-electron chi connectivity index (χ4n) is 3.19. The summed E-state index contributed by atoms with van der Waals surface area (Å²) < 4.78 is 6.16. The van der Waals surface area contributed by atoms with Crippen molar-refractivity contribution < 1.29 is 14.6 Å². The van der Waals surface area contributed by atoms with Crippen molar-refractivity contribution in [3.8, 4) is 11.6 Å². The molecule has 3 N–H and O–H groups in total. The van der Waals surface area contributed by atoms with Crippen molar-refractivity contribution in [2.45, 2.75) is 20.8 Å². The van der Waals surface area contributed by atoms with Crippen molar-refractivity contribution in [2.24, 2.45) is 0 Å². The molecule has 146 valence electrons. The molecule has 4 aromatic rings. The van der Waals surface area contributed by atoms with Crippen molar-refractivity contribution in [1.29, 1.82) is 0 Å². The first-order valence-corrected chi connectivity index (χ1v) is 8.98. The van der Waals surface area contributed by atoms with Gasteiger partial charge in [-0.1, -0.05) is 17.7 Å². The highest BCUT2D eigenvalue weighted by Gasteiger charge is 2.15. The molecular weight excluding hydrogens is 370 g/mol. The Hall–Kier alpha value is -3.94. The van der Waals surface area contributed by atoms with Gasteiger partial charge in [-0.2, -0.15) is 9.97 Å². The lowest BCUT2D eigenvalue weighted by Gasteiger charge is -2.13. The third-order valence-electron chi connectivity index (χ3n) is 4.44. The zero-order valence-corrected chi connectivity index (χ0v) is 16.1. The summed E-state index contributed by atoms with van der Waals surface area (Å²) in [5, 5.41) is 12.1. The molecule has 0 spiro atoms. The Bertz CT molecular complexity index is 1190. The molecule has 2 heterocycles. The van der Waals surface area contributed by atoms with Gasteiger partial charge >= 0.3 is 5.97 Å². The minimum Gasteiger partial charge on any atom is -0.478 e. The van der Waals surface area contributed by atoms with Crippen LogP contribution in [0.15, 0.2) is 42.7 Å². The maximum Gasteiger partial charge on any atom is 0.335 e. The Morgan fingerprint density at radius 3 is 2.41 bits per heavy atom. The lowest BCUT2D eigenvalue weighted by molar-refractivity contribution is 0.0697. The number of fused-ring (bicyclic) bond motifs is 1. The van der Waals surface area contributed by atoms with Crippen LogP contribution in [0.2, 0.25) is 0 Å². The zero-order chi connectivity index (χ0) is 20.5. The maximum absolute atomic E-state index is 11.0. The van der Waals surface area contributed by atoms with Crippen LogP contribution >= 0.6 is 0 Å². The first-order valence-electron chi connectivity index (χ1n) is 8.98. The Morgan fingerprint density at radius 2 is 1.76 bits per heavy atom. The number of aromatic nitrogens is 4. The number of hydrogen-bond donors (Lipinski definition) is 3. The van der Waals surface area contributed by atoms with E-state index in [0.29, 0.717) is 28.7 Å². The van der Waals surface area contributed by atoms with Gasteiger partial charge in [-0.05, 0) is 56.2 Å². The summed E-state index contributed by atoms with van der Waals surface area (Å²) in [6.07, 6.45) is 1.53. The number of carboxylic acid groups (broad SMARTS) is 1. The Morgan fingerprint density at radius 1 is 1.07 bits per heavy atom. The number of aromatic carboxylic acids is 1. The summed E-state index contributed by atoms with van der Waals surface area (Å²) in [6, 6.07) is 10.4. The number of nitrogens with zero attached hydrogens (tertiary/aromatic N) is 3. The van der Waals surface area contributed by atoms with Crippen molar-refractivity contribution in [3.63, 3.8) is 0 Å². The third-order valence-corrected chi connectivity index (χ3v) is 4.44. The second-order valence-electron chi connectivity index (χ2n) is 6.79. The van der Waals surface area contributed by atoms with E-state index in [0.717, 1.165) is 22.4 Å². The topological polar surface area (TPSA) is 113 Å². The van der Waals surface area contributed by atoms with E-state index >= 15 is 0 Å². The number of imidazole rings is 1. The van der Waals surface area contributed by atoms with Crippen LogP contribution in [0.5, 0.6) is 11.6 Å².